The van der Waals surface area contributed by atoms with Gasteiger partial charge in [-0.1, -0.05) is 18.2 Å². The Morgan fingerprint density at radius 2 is 2.00 bits per heavy atom. The van der Waals surface area contributed by atoms with Gasteiger partial charge in [-0.15, -0.1) is 6.58 Å². The van der Waals surface area contributed by atoms with E-state index in [-0.39, 0.29) is 5.91 Å². The van der Waals surface area contributed by atoms with Gasteiger partial charge in [0.2, 0.25) is 5.91 Å². The van der Waals surface area contributed by atoms with Gasteiger partial charge < -0.3 is 15.8 Å². The predicted molar refractivity (Wildman–Crippen MR) is 82.5 cm³/mol. The Labute approximate surface area is 121 Å². The molecule has 0 aliphatic carbocycles. The van der Waals surface area contributed by atoms with Gasteiger partial charge in [-0.3, -0.25) is 4.79 Å². The summed E-state index contributed by atoms with van der Waals surface area (Å²) in [6.45, 7) is 9.07. The average Bonchev–Trinajstić information content (AvgIpc) is 2.43. The number of carbonyl (C=O) groups excluding carboxylic acids is 1. The summed E-state index contributed by atoms with van der Waals surface area (Å²) in [6.07, 6.45) is 2.63. The maximum absolute atomic E-state index is 12.2. The summed E-state index contributed by atoms with van der Waals surface area (Å²) < 4.78 is 5.36. The van der Waals surface area contributed by atoms with Gasteiger partial charge in [0.1, 0.15) is 0 Å². The first kappa shape index (κ1) is 16.2. The Kier molecular flexibility index (Phi) is 6.25. The van der Waals surface area contributed by atoms with Gasteiger partial charge in [0.05, 0.1) is 18.6 Å². The largest absolute Gasteiger partial charge is 0.399 e. The second-order valence-corrected chi connectivity index (χ2v) is 5.19. The van der Waals surface area contributed by atoms with Crippen LogP contribution in [0.2, 0.25) is 0 Å². The van der Waals surface area contributed by atoms with Gasteiger partial charge in [0.25, 0.3) is 0 Å². The number of hydrogen-bond acceptors (Lipinski definition) is 3. The number of amides is 1. The van der Waals surface area contributed by atoms with Crippen molar-refractivity contribution in [3.8, 4) is 0 Å². The van der Waals surface area contributed by atoms with E-state index >= 15 is 0 Å². The molecule has 0 saturated carbocycles. The van der Waals surface area contributed by atoms with Crippen molar-refractivity contribution >= 4 is 11.6 Å². The maximum atomic E-state index is 12.2. The van der Waals surface area contributed by atoms with Gasteiger partial charge in [-0.05, 0) is 38.0 Å². The molecule has 4 nitrogen and oxygen atoms in total. The lowest BCUT2D eigenvalue weighted by Gasteiger charge is -2.24. The van der Waals surface area contributed by atoms with Crippen molar-refractivity contribution in [1.29, 1.82) is 0 Å². The molecular weight excluding hydrogens is 252 g/mol. The fraction of sp³-hybridized carbons (Fsp3) is 0.438. The van der Waals surface area contributed by atoms with Crippen LogP contribution in [0.1, 0.15) is 25.8 Å². The molecule has 0 aromatic heterocycles. The minimum absolute atomic E-state index is 0.0189. The van der Waals surface area contributed by atoms with Crippen molar-refractivity contribution in [2.24, 2.45) is 0 Å². The van der Waals surface area contributed by atoms with Crippen molar-refractivity contribution in [1.82, 2.24) is 5.32 Å². The molecule has 0 spiro atoms. The fourth-order valence-electron chi connectivity index (χ4n) is 1.76. The third-order valence-corrected chi connectivity index (χ3v) is 3.20. The molecule has 3 N–H and O–H groups in total. The molecule has 0 saturated heterocycles. The van der Waals surface area contributed by atoms with Crippen LogP contribution in [0.15, 0.2) is 36.9 Å². The van der Waals surface area contributed by atoms with Gasteiger partial charge in [-0.2, -0.15) is 0 Å². The first-order valence-electron chi connectivity index (χ1n) is 6.81. The summed E-state index contributed by atoms with van der Waals surface area (Å²) in [4.78, 5) is 12.2. The molecule has 20 heavy (non-hydrogen) atoms. The Morgan fingerprint density at radius 1 is 1.35 bits per heavy atom. The van der Waals surface area contributed by atoms with E-state index in [1.165, 1.54) is 0 Å². The van der Waals surface area contributed by atoms with Crippen LogP contribution in [-0.4, -0.2) is 25.7 Å². The molecule has 1 amide bonds. The highest BCUT2D eigenvalue weighted by Gasteiger charge is 2.29. The summed E-state index contributed by atoms with van der Waals surface area (Å²) in [6, 6.07) is 7.39. The highest BCUT2D eigenvalue weighted by molar-refractivity contribution is 5.87. The van der Waals surface area contributed by atoms with Gasteiger partial charge in [0, 0.05) is 12.2 Å². The number of benzene rings is 1. The molecule has 0 atom stereocenters. The molecule has 0 fully saturated rings. The van der Waals surface area contributed by atoms with Crippen LogP contribution in [-0.2, 0) is 14.9 Å². The zero-order chi connectivity index (χ0) is 15.0. The minimum Gasteiger partial charge on any atom is -0.399 e. The Balaban J connectivity index is 2.44. The van der Waals surface area contributed by atoms with Gasteiger partial charge in [-0.25, -0.2) is 0 Å². The van der Waals surface area contributed by atoms with Crippen LogP contribution in [0.25, 0.3) is 0 Å². The normalized spacial score (nSPS) is 11.1. The minimum atomic E-state index is -0.588. The van der Waals surface area contributed by atoms with Crippen LogP contribution in [0, 0.1) is 0 Å². The lowest BCUT2D eigenvalue weighted by atomic mass is 9.83. The van der Waals surface area contributed by atoms with E-state index in [1.807, 2.05) is 44.2 Å². The van der Waals surface area contributed by atoms with Crippen molar-refractivity contribution in [3.05, 3.63) is 42.5 Å². The number of anilines is 1. The predicted octanol–water partition coefficient (Wildman–Crippen LogP) is 2.26. The second kappa shape index (κ2) is 7.70. The first-order chi connectivity index (χ1) is 9.48. The summed E-state index contributed by atoms with van der Waals surface area (Å²) >= 11 is 0. The number of rotatable bonds is 8. The van der Waals surface area contributed by atoms with E-state index in [4.69, 9.17) is 10.5 Å². The number of nitrogens with two attached hydrogens (primary N) is 1. The summed E-state index contributed by atoms with van der Waals surface area (Å²) in [5, 5.41) is 2.89. The van der Waals surface area contributed by atoms with Crippen molar-refractivity contribution in [3.63, 3.8) is 0 Å². The number of ether oxygens (including phenoxy) is 1. The topological polar surface area (TPSA) is 64.3 Å². The van der Waals surface area contributed by atoms with Crippen LogP contribution < -0.4 is 11.1 Å². The second-order valence-electron chi connectivity index (χ2n) is 5.19. The molecule has 1 rings (SSSR count). The summed E-state index contributed by atoms with van der Waals surface area (Å²) in [5.74, 6) is -0.0189. The highest BCUT2D eigenvalue weighted by atomic mass is 16.5. The monoisotopic (exact) mass is 276 g/mol. The molecule has 0 aliphatic rings. The van der Waals surface area contributed by atoms with E-state index in [1.54, 1.807) is 0 Å². The molecule has 0 bridgehead atoms. The standard InChI is InChI=1S/C16H24N2O2/c1-4-5-11-20-12-10-18-15(19)16(2,3)13-6-8-14(17)9-7-13/h4,6-9H,1,5,10-12,17H2,2-3H3,(H,18,19). The van der Waals surface area contributed by atoms with E-state index in [0.717, 1.165) is 12.0 Å². The number of hydrogen-bond donors (Lipinski definition) is 2. The molecular formula is C16H24N2O2. The smallest absolute Gasteiger partial charge is 0.230 e. The lowest BCUT2D eigenvalue weighted by molar-refractivity contribution is -0.125. The molecule has 1 aromatic carbocycles. The van der Waals surface area contributed by atoms with Crippen molar-refractivity contribution < 1.29 is 9.53 Å². The SMILES string of the molecule is C=CCCOCCNC(=O)C(C)(C)c1ccc(N)cc1. The summed E-state index contributed by atoms with van der Waals surface area (Å²) in [7, 11) is 0. The van der Waals surface area contributed by atoms with E-state index in [0.29, 0.717) is 25.4 Å². The third-order valence-electron chi connectivity index (χ3n) is 3.20. The van der Waals surface area contributed by atoms with Gasteiger partial charge in [0.15, 0.2) is 0 Å². The van der Waals surface area contributed by atoms with E-state index in [2.05, 4.69) is 11.9 Å². The van der Waals surface area contributed by atoms with E-state index < -0.39 is 5.41 Å². The Morgan fingerprint density at radius 3 is 2.60 bits per heavy atom. The fourth-order valence-corrected chi connectivity index (χ4v) is 1.76. The number of carbonyl (C=O) groups is 1. The zero-order valence-electron chi connectivity index (χ0n) is 12.3. The molecule has 110 valence electrons. The lowest BCUT2D eigenvalue weighted by Crippen LogP contribution is -2.41. The third kappa shape index (κ3) is 4.70. The maximum Gasteiger partial charge on any atom is 0.230 e. The summed E-state index contributed by atoms with van der Waals surface area (Å²) in [5.41, 5.74) is 6.71. The van der Waals surface area contributed by atoms with Crippen LogP contribution in [0.4, 0.5) is 5.69 Å². The first-order valence-corrected chi connectivity index (χ1v) is 6.81. The van der Waals surface area contributed by atoms with Crippen molar-refractivity contribution in [2.75, 3.05) is 25.5 Å². The highest BCUT2D eigenvalue weighted by Crippen LogP contribution is 2.24. The average molecular weight is 276 g/mol. The number of nitrogen functional groups attached to an aromatic ring is 1. The molecule has 4 heteroatoms. The molecule has 1 aromatic rings. The van der Waals surface area contributed by atoms with Crippen LogP contribution >= 0.6 is 0 Å². The van der Waals surface area contributed by atoms with Crippen molar-refractivity contribution in [2.45, 2.75) is 25.7 Å². The zero-order valence-corrected chi connectivity index (χ0v) is 12.3. The molecule has 0 heterocycles. The van der Waals surface area contributed by atoms with E-state index in [9.17, 15) is 4.79 Å². The van der Waals surface area contributed by atoms with Crippen LogP contribution in [0.5, 0.6) is 0 Å². The number of nitrogens with one attached hydrogen (secondary N) is 1. The van der Waals surface area contributed by atoms with Gasteiger partial charge >= 0.3 is 0 Å². The Bertz CT molecular complexity index is 438. The Hall–Kier alpha value is -1.81. The molecule has 0 aliphatic heterocycles. The quantitative estimate of drug-likeness (QED) is 0.435. The van der Waals surface area contributed by atoms with Crippen LogP contribution in [0.3, 0.4) is 0 Å². The molecule has 0 unspecified atom stereocenters. The molecule has 0 radical (unpaired) electrons.